The van der Waals surface area contributed by atoms with Gasteiger partial charge in [0.25, 0.3) is 5.91 Å². The highest BCUT2D eigenvalue weighted by atomic mass is 16.5. The summed E-state index contributed by atoms with van der Waals surface area (Å²) >= 11 is 0. The van der Waals surface area contributed by atoms with Gasteiger partial charge in [0, 0.05) is 6.54 Å². The van der Waals surface area contributed by atoms with E-state index < -0.39 is 6.10 Å². The SMILES string of the molecule is CC(Oc1ccc(C#N)cc1)C(=O)NCCC1=CCCCC1. The molecule has 0 saturated heterocycles. The van der Waals surface area contributed by atoms with Gasteiger partial charge >= 0.3 is 0 Å². The van der Waals surface area contributed by atoms with E-state index in [1.807, 2.05) is 6.07 Å². The molecule has 4 nitrogen and oxygen atoms in total. The van der Waals surface area contributed by atoms with Crippen LogP contribution in [0.2, 0.25) is 0 Å². The van der Waals surface area contributed by atoms with Crippen LogP contribution in [0.25, 0.3) is 0 Å². The van der Waals surface area contributed by atoms with Crippen molar-refractivity contribution >= 4 is 5.91 Å². The predicted molar refractivity (Wildman–Crippen MR) is 85.4 cm³/mol. The van der Waals surface area contributed by atoms with E-state index in [1.54, 1.807) is 31.2 Å². The molecular formula is C18H22N2O2. The highest BCUT2D eigenvalue weighted by Crippen LogP contribution is 2.19. The first-order valence-electron chi connectivity index (χ1n) is 7.81. The summed E-state index contributed by atoms with van der Waals surface area (Å²) < 4.78 is 5.58. The Kier molecular flexibility index (Phi) is 6.02. The van der Waals surface area contributed by atoms with Crippen molar-refractivity contribution < 1.29 is 9.53 Å². The van der Waals surface area contributed by atoms with Gasteiger partial charge in [0.2, 0.25) is 0 Å². The van der Waals surface area contributed by atoms with Crippen LogP contribution in [-0.2, 0) is 4.79 Å². The van der Waals surface area contributed by atoms with E-state index in [-0.39, 0.29) is 5.91 Å². The summed E-state index contributed by atoms with van der Waals surface area (Å²) in [6, 6.07) is 8.81. The lowest BCUT2D eigenvalue weighted by atomic mass is 9.97. The summed E-state index contributed by atoms with van der Waals surface area (Å²) in [6.07, 6.45) is 7.55. The third kappa shape index (κ3) is 4.92. The fourth-order valence-electron chi connectivity index (χ4n) is 2.49. The van der Waals surface area contributed by atoms with Crippen LogP contribution < -0.4 is 10.1 Å². The van der Waals surface area contributed by atoms with Gasteiger partial charge in [0.05, 0.1) is 11.6 Å². The van der Waals surface area contributed by atoms with Crippen LogP contribution in [0.15, 0.2) is 35.9 Å². The maximum Gasteiger partial charge on any atom is 0.260 e. The molecule has 1 aromatic carbocycles. The lowest BCUT2D eigenvalue weighted by molar-refractivity contribution is -0.127. The molecule has 0 heterocycles. The molecule has 4 heteroatoms. The Bertz CT molecular complexity index is 570. The number of hydrogen-bond acceptors (Lipinski definition) is 3. The smallest absolute Gasteiger partial charge is 0.260 e. The zero-order chi connectivity index (χ0) is 15.8. The van der Waals surface area contributed by atoms with Crippen molar-refractivity contribution in [3.05, 3.63) is 41.5 Å². The lowest BCUT2D eigenvalue weighted by Crippen LogP contribution is -2.36. The zero-order valence-corrected chi connectivity index (χ0v) is 13.0. The number of rotatable bonds is 6. The summed E-state index contributed by atoms with van der Waals surface area (Å²) in [4.78, 5) is 12.0. The van der Waals surface area contributed by atoms with Gasteiger partial charge in [0.1, 0.15) is 5.75 Å². The predicted octanol–water partition coefficient (Wildman–Crippen LogP) is 3.33. The number of nitrogens with one attached hydrogen (secondary N) is 1. The molecule has 0 spiro atoms. The zero-order valence-electron chi connectivity index (χ0n) is 13.0. The number of carbonyl (C=O) groups is 1. The quantitative estimate of drug-likeness (QED) is 0.819. The van der Waals surface area contributed by atoms with Gasteiger partial charge in [-0.25, -0.2) is 0 Å². The molecule has 1 atom stereocenters. The third-order valence-electron chi connectivity index (χ3n) is 3.80. The van der Waals surface area contributed by atoms with Gasteiger partial charge < -0.3 is 10.1 Å². The van der Waals surface area contributed by atoms with E-state index in [2.05, 4.69) is 11.4 Å². The van der Waals surface area contributed by atoms with Crippen molar-refractivity contribution in [1.82, 2.24) is 5.32 Å². The fourth-order valence-corrected chi connectivity index (χ4v) is 2.49. The Morgan fingerprint density at radius 2 is 2.14 bits per heavy atom. The van der Waals surface area contributed by atoms with Gasteiger partial charge in [-0.3, -0.25) is 4.79 Å². The van der Waals surface area contributed by atoms with Gasteiger partial charge in [0.15, 0.2) is 6.10 Å². The Hall–Kier alpha value is -2.28. The molecule has 0 aromatic heterocycles. The van der Waals surface area contributed by atoms with Crippen LogP contribution in [0.5, 0.6) is 5.75 Å². The molecule has 0 radical (unpaired) electrons. The highest BCUT2D eigenvalue weighted by molar-refractivity contribution is 5.80. The average molecular weight is 298 g/mol. The molecule has 1 aliphatic rings. The third-order valence-corrected chi connectivity index (χ3v) is 3.80. The molecule has 0 fully saturated rings. The van der Waals surface area contributed by atoms with E-state index in [9.17, 15) is 4.79 Å². The first kappa shape index (κ1) is 16.1. The van der Waals surface area contributed by atoms with Gasteiger partial charge in [-0.2, -0.15) is 5.26 Å². The first-order chi connectivity index (χ1) is 10.7. The van der Waals surface area contributed by atoms with E-state index >= 15 is 0 Å². The summed E-state index contributed by atoms with van der Waals surface area (Å²) in [5, 5.41) is 11.7. The second-order valence-corrected chi connectivity index (χ2v) is 5.55. The summed E-state index contributed by atoms with van der Waals surface area (Å²) in [5.41, 5.74) is 2.03. The van der Waals surface area contributed by atoms with Crippen LogP contribution in [0.1, 0.15) is 44.6 Å². The normalized spacial score (nSPS) is 15.4. The molecule has 1 amide bonds. The fraction of sp³-hybridized carbons (Fsp3) is 0.444. The molecule has 0 bridgehead atoms. The van der Waals surface area contributed by atoms with Crippen molar-refractivity contribution in [2.45, 2.75) is 45.1 Å². The number of allylic oxidation sites excluding steroid dienone is 1. The highest BCUT2D eigenvalue weighted by Gasteiger charge is 2.14. The van der Waals surface area contributed by atoms with Crippen LogP contribution in [-0.4, -0.2) is 18.6 Å². The standard InChI is InChI=1S/C18H22N2O2/c1-14(22-17-9-7-16(13-19)8-10-17)18(21)20-12-11-15-5-3-2-4-6-15/h5,7-10,14H,2-4,6,11-12H2,1H3,(H,20,21). The van der Waals surface area contributed by atoms with E-state index in [4.69, 9.17) is 10.00 Å². The van der Waals surface area contributed by atoms with E-state index in [1.165, 1.54) is 24.8 Å². The Morgan fingerprint density at radius 1 is 1.36 bits per heavy atom. The second-order valence-electron chi connectivity index (χ2n) is 5.55. The first-order valence-corrected chi connectivity index (χ1v) is 7.81. The number of ether oxygens (including phenoxy) is 1. The monoisotopic (exact) mass is 298 g/mol. The molecule has 116 valence electrons. The topological polar surface area (TPSA) is 62.1 Å². The van der Waals surface area contributed by atoms with E-state index in [0.29, 0.717) is 17.9 Å². The summed E-state index contributed by atoms with van der Waals surface area (Å²) in [7, 11) is 0. The number of carbonyl (C=O) groups excluding carboxylic acids is 1. The van der Waals surface area contributed by atoms with Crippen LogP contribution in [0.3, 0.4) is 0 Å². The van der Waals surface area contributed by atoms with Crippen molar-refractivity contribution in [3.8, 4) is 11.8 Å². The lowest BCUT2D eigenvalue weighted by Gasteiger charge is -2.16. The van der Waals surface area contributed by atoms with Crippen molar-refractivity contribution in [1.29, 1.82) is 5.26 Å². The van der Waals surface area contributed by atoms with Crippen LogP contribution in [0, 0.1) is 11.3 Å². The molecule has 1 aliphatic carbocycles. The van der Waals surface area contributed by atoms with Crippen molar-refractivity contribution in [2.75, 3.05) is 6.54 Å². The molecule has 2 rings (SSSR count). The van der Waals surface area contributed by atoms with E-state index in [0.717, 1.165) is 12.8 Å². The minimum Gasteiger partial charge on any atom is -0.481 e. The molecule has 1 aromatic rings. The number of amides is 1. The maximum absolute atomic E-state index is 12.0. The molecule has 0 aliphatic heterocycles. The molecule has 22 heavy (non-hydrogen) atoms. The average Bonchev–Trinajstić information content (AvgIpc) is 2.56. The maximum atomic E-state index is 12.0. The Labute approximate surface area is 131 Å². The summed E-state index contributed by atoms with van der Waals surface area (Å²) in [6.45, 7) is 2.39. The van der Waals surface area contributed by atoms with Gasteiger partial charge in [-0.1, -0.05) is 11.6 Å². The number of benzene rings is 1. The van der Waals surface area contributed by atoms with Gasteiger partial charge in [-0.05, 0) is 63.3 Å². The van der Waals surface area contributed by atoms with Crippen molar-refractivity contribution in [2.24, 2.45) is 0 Å². The Morgan fingerprint density at radius 3 is 2.77 bits per heavy atom. The number of nitriles is 1. The van der Waals surface area contributed by atoms with Gasteiger partial charge in [-0.15, -0.1) is 0 Å². The number of hydrogen-bond donors (Lipinski definition) is 1. The molecule has 1 N–H and O–H groups in total. The molecule has 1 unspecified atom stereocenters. The Balaban J connectivity index is 1.74. The van der Waals surface area contributed by atoms with Crippen LogP contribution >= 0.6 is 0 Å². The summed E-state index contributed by atoms with van der Waals surface area (Å²) in [5.74, 6) is 0.484. The minimum absolute atomic E-state index is 0.110. The van der Waals surface area contributed by atoms with Crippen LogP contribution in [0.4, 0.5) is 0 Å². The van der Waals surface area contributed by atoms with Crippen molar-refractivity contribution in [3.63, 3.8) is 0 Å². The largest absolute Gasteiger partial charge is 0.481 e. The molecular weight excluding hydrogens is 276 g/mol. The molecule has 0 saturated carbocycles. The number of nitrogens with zero attached hydrogens (tertiary/aromatic N) is 1. The second kappa shape index (κ2) is 8.23. The minimum atomic E-state index is -0.548.